The summed E-state index contributed by atoms with van der Waals surface area (Å²) in [4.78, 5) is 49.6. The Morgan fingerprint density at radius 3 is 2.58 bits per heavy atom. The molecule has 3 fully saturated rings. The molecule has 0 amide bonds. The number of aliphatic hydroxyl groups excluding tert-OH is 1. The number of aliphatic hydroxyl groups is 2. The summed E-state index contributed by atoms with van der Waals surface area (Å²) in [5.41, 5.74) is -2.88. The summed E-state index contributed by atoms with van der Waals surface area (Å²) in [7, 11) is 0. The van der Waals surface area contributed by atoms with E-state index in [1.54, 1.807) is 13.0 Å². The maximum absolute atomic E-state index is 13.6. The summed E-state index contributed by atoms with van der Waals surface area (Å²) >= 11 is 0. The second-order valence-corrected chi connectivity index (χ2v) is 9.90. The van der Waals surface area contributed by atoms with E-state index < -0.39 is 52.7 Å². The number of fused-ring (bicyclic) bond motifs is 5. The van der Waals surface area contributed by atoms with Crippen molar-refractivity contribution in [1.82, 2.24) is 0 Å². The second-order valence-electron chi connectivity index (χ2n) is 9.90. The molecule has 7 nitrogen and oxygen atoms in total. The minimum Gasteiger partial charge on any atom is -0.458 e. The van der Waals surface area contributed by atoms with Crippen molar-refractivity contribution in [2.24, 2.45) is 28.6 Å². The number of hydrogen-bond donors (Lipinski definition) is 2. The number of carbonyl (C=O) groups excluding carboxylic acids is 4. The molecule has 2 N–H and O–H groups in total. The van der Waals surface area contributed by atoms with Gasteiger partial charge in [0.1, 0.15) is 5.78 Å². The Morgan fingerprint density at radius 1 is 1.26 bits per heavy atom. The highest BCUT2D eigenvalue weighted by Crippen LogP contribution is 2.67. The van der Waals surface area contributed by atoms with Crippen molar-refractivity contribution in [2.75, 3.05) is 6.61 Å². The molecule has 0 aliphatic heterocycles. The Labute approximate surface area is 180 Å². The van der Waals surface area contributed by atoms with E-state index in [1.165, 1.54) is 19.1 Å². The monoisotopic (exact) mass is 428 g/mol. The Morgan fingerprint density at radius 2 is 1.94 bits per heavy atom. The lowest BCUT2D eigenvalue weighted by Crippen LogP contribution is -2.63. The van der Waals surface area contributed by atoms with Gasteiger partial charge in [0.15, 0.2) is 18.0 Å². The van der Waals surface area contributed by atoms with E-state index in [0.717, 1.165) is 5.57 Å². The van der Waals surface area contributed by atoms with Crippen LogP contribution >= 0.6 is 0 Å². The third kappa shape index (κ3) is 2.79. The first-order valence-electron chi connectivity index (χ1n) is 10.6. The number of ketones is 3. The maximum Gasteiger partial charge on any atom is 0.303 e. The molecule has 0 aromatic heterocycles. The minimum atomic E-state index is -2.02. The van der Waals surface area contributed by atoms with Crippen LogP contribution in [0, 0.1) is 28.6 Å². The van der Waals surface area contributed by atoms with Gasteiger partial charge in [-0.2, -0.15) is 0 Å². The van der Waals surface area contributed by atoms with Crippen LogP contribution in [0.5, 0.6) is 0 Å². The average molecular weight is 428 g/mol. The van der Waals surface area contributed by atoms with Crippen molar-refractivity contribution in [2.45, 2.75) is 51.7 Å². The molecule has 4 aliphatic rings. The van der Waals surface area contributed by atoms with Gasteiger partial charge < -0.3 is 14.9 Å². The SMILES string of the molecule is C=C1C[C@H]2[C@@H]3C(O)CC4=CC(=O)C=C[C@]4(C)[C@H]3C(=O)C[C@]2(C)[C@@]1(O)C(=O)COC(C)=O. The molecule has 3 saturated carbocycles. The fraction of sp³-hybridized carbons (Fsp3) is 0.583. The van der Waals surface area contributed by atoms with Gasteiger partial charge in [0.05, 0.1) is 6.10 Å². The van der Waals surface area contributed by atoms with Crippen LogP contribution in [0.4, 0.5) is 0 Å². The minimum absolute atomic E-state index is 0.0719. The van der Waals surface area contributed by atoms with Gasteiger partial charge in [0, 0.05) is 30.1 Å². The predicted molar refractivity (Wildman–Crippen MR) is 110 cm³/mol. The molecule has 0 aromatic rings. The number of rotatable bonds is 3. The molecule has 0 radical (unpaired) electrons. The number of ether oxygens (including phenoxy) is 1. The van der Waals surface area contributed by atoms with Crippen molar-refractivity contribution >= 4 is 23.3 Å². The van der Waals surface area contributed by atoms with Gasteiger partial charge in [-0.1, -0.05) is 32.1 Å². The number of allylic oxidation sites excluding steroid dienone is 3. The summed E-state index contributed by atoms with van der Waals surface area (Å²) in [5.74, 6) is -3.11. The van der Waals surface area contributed by atoms with Crippen LogP contribution < -0.4 is 0 Å². The predicted octanol–water partition coefficient (Wildman–Crippen LogP) is 1.47. The number of carbonyl (C=O) groups is 4. The van der Waals surface area contributed by atoms with Crippen LogP contribution in [0.1, 0.15) is 40.0 Å². The first-order chi connectivity index (χ1) is 14.4. The van der Waals surface area contributed by atoms with E-state index in [0.29, 0.717) is 0 Å². The summed E-state index contributed by atoms with van der Waals surface area (Å²) in [6.07, 6.45) is 4.30. The number of hydrogen-bond acceptors (Lipinski definition) is 7. The average Bonchev–Trinajstić information content (AvgIpc) is 2.88. The first kappa shape index (κ1) is 21.8. The molecule has 0 spiro atoms. The summed E-state index contributed by atoms with van der Waals surface area (Å²) in [5, 5.41) is 22.7. The van der Waals surface area contributed by atoms with Gasteiger partial charge in [-0.15, -0.1) is 0 Å². The zero-order valence-electron chi connectivity index (χ0n) is 18.0. The van der Waals surface area contributed by atoms with Crippen LogP contribution in [0.2, 0.25) is 0 Å². The molecule has 7 heteroatoms. The van der Waals surface area contributed by atoms with Crippen LogP contribution in [-0.2, 0) is 23.9 Å². The normalized spacial score (nSPS) is 43.6. The topological polar surface area (TPSA) is 118 Å². The third-order valence-corrected chi connectivity index (χ3v) is 8.29. The molecule has 0 heterocycles. The van der Waals surface area contributed by atoms with E-state index in [4.69, 9.17) is 4.74 Å². The smallest absolute Gasteiger partial charge is 0.303 e. The summed E-state index contributed by atoms with van der Waals surface area (Å²) in [6.45, 7) is 8.12. The molecule has 4 rings (SSSR count). The lowest BCUT2D eigenvalue weighted by molar-refractivity contribution is -0.174. The lowest BCUT2D eigenvalue weighted by atomic mass is 9.46. The highest BCUT2D eigenvalue weighted by atomic mass is 16.5. The Kier molecular flexibility index (Phi) is 4.80. The van der Waals surface area contributed by atoms with Gasteiger partial charge in [-0.25, -0.2) is 0 Å². The van der Waals surface area contributed by atoms with Crippen molar-refractivity contribution in [3.63, 3.8) is 0 Å². The quantitative estimate of drug-likeness (QED) is 0.516. The zero-order valence-corrected chi connectivity index (χ0v) is 18.0. The summed E-state index contributed by atoms with van der Waals surface area (Å²) in [6, 6.07) is 0. The van der Waals surface area contributed by atoms with Crippen molar-refractivity contribution in [3.05, 3.63) is 36.0 Å². The van der Waals surface area contributed by atoms with Gasteiger partial charge >= 0.3 is 5.97 Å². The van der Waals surface area contributed by atoms with E-state index in [2.05, 4.69) is 6.58 Å². The molecule has 4 aliphatic carbocycles. The van der Waals surface area contributed by atoms with E-state index in [9.17, 15) is 29.4 Å². The second kappa shape index (κ2) is 6.81. The van der Waals surface area contributed by atoms with Gasteiger partial charge in [-0.05, 0) is 42.4 Å². The van der Waals surface area contributed by atoms with Crippen molar-refractivity contribution in [1.29, 1.82) is 0 Å². The fourth-order valence-corrected chi connectivity index (χ4v) is 6.74. The van der Waals surface area contributed by atoms with Crippen LogP contribution in [-0.4, -0.2) is 51.8 Å². The molecule has 166 valence electrons. The largest absolute Gasteiger partial charge is 0.458 e. The van der Waals surface area contributed by atoms with Gasteiger partial charge in [-0.3, -0.25) is 19.2 Å². The molecule has 0 aromatic carbocycles. The maximum atomic E-state index is 13.6. The number of esters is 1. The molecule has 1 unspecified atom stereocenters. The van der Waals surface area contributed by atoms with Crippen LogP contribution in [0.3, 0.4) is 0 Å². The van der Waals surface area contributed by atoms with Crippen molar-refractivity contribution < 1.29 is 34.1 Å². The number of Topliss-reactive ketones (excluding diaryl/α,β-unsaturated/α-hetero) is 2. The van der Waals surface area contributed by atoms with E-state index >= 15 is 0 Å². The van der Waals surface area contributed by atoms with Crippen LogP contribution in [0.25, 0.3) is 0 Å². The molecule has 0 bridgehead atoms. The highest BCUT2D eigenvalue weighted by Gasteiger charge is 2.71. The van der Waals surface area contributed by atoms with E-state index in [-0.39, 0.29) is 42.3 Å². The molecular formula is C24H28O7. The zero-order chi connectivity index (χ0) is 22.9. The molecular weight excluding hydrogens is 400 g/mol. The lowest BCUT2D eigenvalue weighted by Gasteiger charge is -2.57. The third-order valence-electron chi connectivity index (χ3n) is 8.29. The highest BCUT2D eigenvalue weighted by molar-refractivity contribution is 6.02. The Hall–Kier alpha value is -2.38. The molecule has 7 atom stereocenters. The fourth-order valence-electron chi connectivity index (χ4n) is 6.74. The first-order valence-corrected chi connectivity index (χ1v) is 10.6. The Bertz CT molecular complexity index is 974. The molecule has 31 heavy (non-hydrogen) atoms. The van der Waals surface area contributed by atoms with Crippen LogP contribution in [0.15, 0.2) is 36.0 Å². The molecule has 0 saturated heterocycles. The standard InChI is InChI=1S/C24H28O7/c1-12-7-16-20-17(27)9-14-8-15(26)5-6-22(14,3)21(20)18(28)10-23(16,4)24(12,30)19(29)11-31-13(2)25/h5-6,8,16-17,20-21,27,30H,1,7,9-11H2,2-4H3/t16-,17?,20+,21-,22-,23-,24-/m0/s1. The van der Waals surface area contributed by atoms with E-state index in [1.807, 2.05) is 6.92 Å². The van der Waals surface area contributed by atoms with Crippen molar-refractivity contribution in [3.8, 4) is 0 Å². The van der Waals surface area contributed by atoms with Gasteiger partial charge in [0.2, 0.25) is 5.78 Å². The van der Waals surface area contributed by atoms with Gasteiger partial charge in [0.25, 0.3) is 0 Å². The Balaban J connectivity index is 1.77. The summed E-state index contributed by atoms with van der Waals surface area (Å²) < 4.78 is 4.83.